The van der Waals surface area contributed by atoms with Crippen LogP contribution in [0.5, 0.6) is 5.75 Å². The van der Waals surface area contributed by atoms with E-state index < -0.39 is 5.54 Å². The van der Waals surface area contributed by atoms with E-state index in [9.17, 15) is 0 Å². The van der Waals surface area contributed by atoms with Crippen LogP contribution < -0.4 is 15.4 Å². The molecular weight excluding hydrogens is 513 g/mol. The van der Waals surface area contributed by atoms with Gasteiger partial charge in [-0.3, -0.25) is 10.1 Å². The largest absolute Gasteiger partial charge is 0.486 e. The molecule has 0 amide bonds. The van der Waals surface area contributed by atoms with Gasteiger partial charge in [0, 0.05) is 48.8 Å². The van der Waals surface area contributed by atoms with Crippen LogP contribution in [0.15, 0.2) is 61.2 Å². The fourth-order valence-electron chi connectivity index (χ4n) is 4.45. The predicted molar refractivity (Wildman–Crippen MR) is 141 cm³/mol. The molecule has 1 aliphatic heterocycles. The highest BCUT2D eigenvalue weighted by molar-refractivity contribution is 6.35. The Morgan fingerprint density at radius 3 is 2.51 bits per heavy atom. The SMILES string of the molecule is C[C@@H](Oc1ccc2[nH]nc(-c3ccc(N4CC(N)(c5ncccn5)C4)nn3)c2c1)c1c(Cl)cncc1Cl. The van der Waals surface area contributed by atoms with Gasteiger partial charge in [0.05, 0.1) is 15.6 Å². The molecule has 0 aliphatic carbocycles. The Morgan fingerprint density at radius 2 is 1.81 bits per heavy atom. The number of H-pyrrole nitrogens is 1. The number of rotatable bonds is 6. The van der Waals surface area contributed by atoms with E-state index in [-0.39, 0.29) is 6.10 Å². The van der Waals surface area contributed by atoms with Crippen LogP contribution >= 0.6 is 23.2 Å². The molecule has 0 bridgehead atoms. The van der Waals surface area contributed by atoms with Crippen LogP contribution in [0.4, 0.5) is 5.82 Å². The molecule has 186 valence electrons. The molecule has 12 heteroatoms. The second-order valence-corrected chi connectivity index (χ2v) is 9.73. The summed E-state index contributed by atoms with van der Waals surface area (Å²) in [5.74, 6) is 1.99. The fourth-order valence-corrected chi connectivity index (χ4v) is 5.12. The van der Waals surface area contributed by atoms with E-state index in [1.807, 2.05) is 42.2 Å². The first-order chi connectivity index (χ1) is 17.9. The lowest BCUT2D eigenvalue weighted by atomic mass is 9.90. The van der Waals surface area contributed by atoms with Crippen molar-refractivity contribution < 1.29 is 4.74 Å². The number of halogens is 2. The molecule has 0 unspecified atom stereocenters. The number of anilines is 1. The van der Waals surface area contributed by atoms with Crippen LogP contribution in [0.1, 0.15) is 24.4 Å². The van der Waals surface area contributed by atoms with Crippen LogP contribution in [0.2, 0.25) is 10.0 Å². The third-order valence-corrected chi connectivity index (χ3v) is 6.92. The smallest absolute Gasteiger partial charge is 0.151 e. The molecule has 5 heterocycles. The quantitative estimate of drug-likeness (QED) is 0.327. The number of nitrogens with one attached hydrogen (secondary N) is 1. The zero-order valence-electron chi connectivity index (χ0n) is 19.6. The van der Waals surface area contributed by atoms with Gasteiger partial charge < -0.3 is 15.4 Å². The first-order valence-electron chi connectivity index (χ1n) is 11.5. The summed E-state index contributed by atoms with van der Waals surface area (Å²) in [7, 11) is 0. The van der Waals surface area contributed by atoms with Crippen molar-refractivity contribution in [2.45, 2.75) is 18.6 Å². The third kappa shape index (κ3) is 4.33. The normalized spacial score (nSPS) is 15.4. The minimum Gasteiger partial charge on any atom is -0.486 e. The summed E-state index contributed by atoms with van der Waals surface area (Å²) in [5, 5.41) is 18.1. The van der Waals surface area contributed by atoms with Crippen molar-refractivity contribution >= 4 is 39.9 Å². The second-order valence-electron chi connectivity index (χ2n) is 8.92. The van der Waals surface area contributed by atoms with Gasteiger partial charge >= 0.3 is 0 Å². The number of hydrogen-bond acceptors (Lipinski definition) is 9. The number of aromatic amines is 1. The first-order valence-corrected chi connectivity index (χ1v) is 12.3. The van der Waals surface area contributed by atoms with Gasteiger partial charge in [-0.05, 0) is 43.3 Å². The Kier molecular flexibility index (Phi) is 5.86. The molecule has 1 fully saturated rings. The van der Waals surface area contributed by atoms with Gasteiger partial charge in [0.2, 0.25) is 0 Å². The average molecular weight is 534 g/mol. The van der Waals surface area contributed by atoms with Crippen LogP contribution in [-0.4, -0.2) is 48.4 Å². The highest BCUT2D eigenvalue weighted by atomic mass is 35.5. The Bertz CT molecular complexity index is 1550. The van der Waals surface area contributed by atoms with E-state index in [1.54, 1.807) is 30.9 Å². The molecule has 1 saturated heterocycles. The van der Waals surface area contributed by atoms with Gasteiger partial charge in [-0.1, -0.05) is 23.2 Å². The van der Waals surface area contributed by atoms with Crippen molar-refractivity contribution in [3.8, 4) is 17.1 Å². The zero-order valence-corrected chi connectivity index (χ0v) is 21.1. The van der Waals surface area contributed by atoms with Gasteiger partial charge in [0.25, 0.3) is 0 Å². The molecule has 4 aromatic heterocycles. The second kappa shape index (κ2) is 9.22. The number of nitrogens with zero attached hydrogens (tertiary/aromatic N) is 7. The molecule has 10 nitrogen and oxygen atoms in total. The molecule has 37 heavy (non-hydrogen) atoms. The lowest BCUT2D eigenvalue weighted by molar-refractivity contribution is 0.227. The van der Waals surface area contributed by atoms with E-state index in [1.165, 1.54) is 0 Å². The van der Waals surface area contributed by atoms with E-state index in [2.05, 4.69) is 35.3 Å². The Balaban J connectivity index is 1.21. The molecule has 1 aliphatic rings. The zero-order chi connectivity index (χ0) is 25.6. The molecule has 1 aromatic carbocycles. The van der Waals surface area contributed by atoms with E-state index in [0.29, 0.717) is 51.7 Å². The van der Waals surface area contributed by atoms with Gasteiger partial charge in [-0.25, -0.2) is 9.97 Å². The predicted octanol–water partition coefficient (Wildman–Crippen LogP) is 4.33. The highest BCUT2D eigenvalue weighted by Crippen LogP contribution is 2.35. The summed E-state index contributed by atoms with van der Waals surface area (Å²) >= 11 is 12.6. The van der Waals surface area contributed by atoms with Gasteiger partial charge in [0.15, 0.2) is 11.6 Å². The summed E-state index contributed by atoms with van der Waals surface area (Å²) in [4.78, 5) is 14.6. The molecule has 0 radical (unpaired) electrons. The molecule has 0 spiro atoms. The topological polar surface area (TPSA) is 132 Å². The first kappa shape index (κ1) is 23.5. The van der Waals surface area contributed by atoms with Crippen LogP contribution in [0.3, 0.4) is 0 Å². The number of nitrogens with two attached hydrogens (primary N) is 1. The summed E-state index contributed by atoms with van der Waals surface area (Å²) in [5.41, 5.74) is 8.69. The number of pyridine rings is 1. The minimum atomic E-state index is -0.599. The Hall–Kier alpha value is -3.86. The van der Waals surface area contributed by atoms with Crippen LogP contribution in [0.25, 0.3) is 22.3 Å². The molecule has 5 aromatic rings. The van der Waals surface area contributed by atoms with Gasteiger partial charge in [-0.2, -0.15) is 5.10 Å². The van der Waals surface area contributed by atoms with Crippen molar-refractivity contribution in [2.75, 3.05) is 18.0 Å². The minimum absolute atomic E-state index is 0.387. The lowest BCUT2D eigenvalue weighted by Gasteiger charge is -2.46. The van der Waals surface area contributed by atoms with Crippen molar-refractivity contribution in [3.63, 3.8) is 0 Å². The summed E-state index contributed by atoms with van der Waals surface area (Å²) in [6.45, 7) is 3.00. The third-order valence-electron chi connectivity index (χ3n) is 6.32. The standard InChI is InChI=1S/C25H21Cl2N9O/c1-14(22-17(26)10-29-11-18(22)27)37-15-3-4-19-16(9-15)23(35-32-19)20-5-6-21(34-33-20)36-12-25(28,13-36)24-30-7-2-8-31-24/h2-11,14H,12-13,28H2,1H3,(H,32,35)/t14-/m1/s1. The number of fused-ring (bicyclic) bond motifs is 1. The van der Waals surface area contributed by atoms with Crippen molar-refractivity contribution in [1.29, 1.82) is 0 Å². The maximum atomic E-state index is 6.46. The fraction of sp³-hybridized carbons (Fsp3) is 0.200. The molecule has 0 saturated carbocycles. The summed E-state index contributed by atoms with van der Waals surface area (Å²) < 4.78 is 6.16. The van der Waals surface area contributed by atoms with Crippen LogP contribution in [0, 0.1) is 0 Å². The average Bonchev–Trinajstić information content (AvgIpc) is 3.31. The number of benzene rings is 1. The maximum absolute atomic E-state index is 6.46. The number of hydrogen-bond donors (Lipinski definition) is 2. The van der Waals surface area contributed by atoms with E-state index in [0.717, 1.165) is 16.7 Å². The van der Waals surface area contributed by atoms with Crippen molar-refractivity contribution in [3.05, 3.63) is 82.6 Å². The molecular formula is C25H21Cl2N9O. The van der Waals surface area contributed by atoms with E-state index in [4.69, 9.17) is 33.7 Å². The lowest BCUT2D eigenvalue weighted by Crippen LogP contribution is -2.65. The van der Waals surface area contributed by atoms with Crippen molar-refractivity contribution in [1.82, 2.24) is 35.3 Å². The Morgan fingerprint density at radius 1 is 1.05 bits per heavy atom. The number of ether oxygens (including phenoxy) is 1. The summed E-state index contributed by atoms with van der Waals surface area (Å²) in [6.07, 6.45) is 6.10. The maximum Gasteiger partial charge on any atom is 0.151 e. The highest BCUT2D eigenvalue weighted by Gasteiger charge is 2.44. The van der Waals surface area contributed by atoms with Crippen molar-refractivity contribution in [2.24, 2.45) is 5.73 Å². The monoisotopic (exact) mass is 533 g/mol. The number of aromatic nitrogens is 7. The van der Waals surface area contributed by atoms with Gasteiger partial charge in [0.1, 0.15) is 28.8 Å². The summed E-state index contributed by atoms with van der Waals surface area (Å²) in [6, 6.07) is 11.2. The van der Waals surface area contributed by atoms with Crippen LogP contribution in [-0.2, 0) is 5.54 Å². The van der Waals surface area contributed by atoms with Gasteiger partial charge in [-0.15, -0.1) is 10.2 Å². The molecule has 3 N–H and O–H groups in total. The van der Waals surface area contributed by atoms with E-state index >= 15 is 0 Å². The Labute approximate surface area is 221 Å². The molecule has 6 rings (SSSR count). The molecule has 1 atom stereocenters.